The topological polar surface area (TPSA) is 103 Å². The number of ether oxygens (including phenoxy) is 4. The molecule has 0 spiro atoms. The largest absolute Gasteiger partial charge is 0.508 e. The number of esters is 1. The van der Waals surface area contributed by atoms with Crippen molar-refractivity contribution >= 4 is 30.4 Å². The average Bonchev–Trinajstić information content (AvgIpc) is 3.20. The standard InChI is InChI=1S/C22H25NO7S/c1-22(2,9-10-27-19(25)12-31)20(14-3-6-16(24)7-4-14)30-21(26)23-15-5-8-17-18(11-15)29-13-28-17/h3-8,11,20,24,31H,9-10,12-13H2,1-2H3,(H,23,26)/t20-/m1/s1. The number of fused-ring (bicyclic) bond motifs is 1. The maximum Gasteiger partial charge on any atom is 0.412 e. The van der Waals surface area contributed by atoms with E-state index in [2.05, 4.69) is 17.9 Å². The summed E-state index contributed by atoms with van der Waals surface area (Å²) in [5.74, 6) is 0.836. The summed E-state index contributed by atoms with van der Waals surface area (Å²) < 4.78 is 21.5. The van der Waals surface area contributed by atoms with Gasteiger partial charge in [-0.05, 0) is 36.2 Å². The molecule has 0 fully saturated rings. The Morgan fingerprint density at radius 3 is 2.58 bits per heavy atom. The molecule has 0 radical (unpaired) electrons. The lowest BCUT2D eigenvalue weighted by Crippen LogP contribution is -2.30. The second kappa shape index (κ2) is 9.82. The Balaban J connectivity index is 1.73. The van der Waals surface area contributed by atoms with Gasteiger partial charge >= 0.3 is 12.1 Å². The molecule has 3 rings (SSSR count). The zero-order valence-electron chi connectivity index (χ0n) is 17.3. The molecule has 9 heteroatoms. The van der Waals surface area contributed by atoms with Gasteiger partial charge in [-0.25, -0.2) is 4.79 Å². The lowest BCUT2D eigenvalue weighted by molar-refractivity contribution is -0.141. The van der Waals surface area contributed by atoms with Crippen LogP contribution in [0.4, 0.5) is 10.5 Å². The van der Waals surface area contributed by atoms with Crippen molar-refractivity contribution < 1.29 is 33.6 Å². The molecule has 0 aliphatic carbocycles. The van der Waals surface area contributed by atoms with Crippen molar-refractivity contribution in [2.75, 3.05) is 24.5 Å². The van der Waals surface area contributed by atoms with Crippen molar-refractivity contribution in [3.05, 3.63) is 48.0 Å². The molecule has 2 aromatic rings. The molecule has 1 amide bonds. The van der Waals surface area contributed by atoms with Crippen molar-refractivity contribution in [1.82, 2.24) is 0 Å². The number of benzene rings is 2. The Labute approximate surface area is 185 Å². The van der Waals surface area contributed by atoms with Crippen molar-refractivity contribution in [3.8, 4) is 17.2 Å². The monoisotopic (exact) mass is 447 g/mol. The van der Waals surface area contributed by atoms with Gasteiger partial charge in [0.25, 0.3) is 0 Å². The second-order valence-electron chi connectivity index (χ2n) is 7.69. The first kappa shape index (κ1) is 22.6. The summed E-state index contributed by atoms with van der Waals surface area (Å²) in [6, 6.07) is 11.5. The molecule has 0 aromatic heterocycles. The van der Waals surface area contributed by atoms with Crippen LogP contribution >= 0.6 is 12.6 Å². The first-order valence-corrected chi connectivity index (χ1v) is 10.3. The number of carbonyl (C=O) groups excluding carboxylic acids is 2. The van der Waals surface area contributed by atoms with E-state index in [9.17, 15) is 14.7 Å². The molecule has 0 unspecified atom stereocenters. The summed E-state index contributed by atoms with van der Waals surface area (Å²) in [4.78, 5) is 24.1. The van der Waals surface area contributed by atoms with E-state index in [1.807, 2.05) is 13.8 Å². The number of hydrogen-bond donors (Lipinski definition) is 3. The van der Waals surface area contributed by atoms with E-state index in [0.29, 0.717) is 29.2 Å². The highest BCUT2D eigenvalue weighted by atomic mass is 32.1. The highest BCUT2D eigenvalue weighted by Gasteiger charge is 2.34. The molecule has 1 aliphatic rings. The third-order valence-electron chi connectivity index (χ3n) is 4.89. The van der Waals surface area contributed by atoms with Crippen molar-refractivity contribution in [3.63, 3.8) is 0 Å². The fraction of sp³-hybridized carbons (Fsp3) is 0.364. The maximum absolute atomic E-state index is 12.7. The van der Waals surface area contributed by atoms with E-state index in [0.717, 1.165) is 0 Å². The lowest BCUT2D eigenvalue weighted by Gasteiger charge is -2.34. The predicted molar refractivity (Wildman–Crippen MR) is 117 cm³/mol. The van der Waals surface area contributed by atoms with Crippen LogP contribution in [0.15, 0.2) is 42.5 Å². The second-order valence-corrected chi connectivity index (χ2v) is 8.00. The van der Waals surface area contributed by atoms with E-state index in [1.165, 1.54) is 12.1 Å². The minimum absolute atomic E-state index is 0.00371. The number of rotatable bonds is 8. The van der Waals surface area contributed by atoms with Gasteiger partial charge in [-0.2, -0.15) is 12.6 Å². The smallest absolute Gasteiger partial charge is 0.412 e. The van der Waals surface area contributed by atoms with E-state index < -0.39 is 23.6 Å². The molecule has 1 atom stereocenters. The number of hydrogen-bond acceptors (Lipinski definition) is 8. The molecule has 2 N–H and O–H groups in total. The molecule has 1 heterocycles. The number of phenolic OH excluding ortho intramolecular Hbond substituents is 1. The number of phenols is 1. The van der Waals surface area contributed by atoms with Crippen LogP contribution in [0.2, 0.25) is 0 Å². The molecule has 1 aliphatic heterocycles. The van der Waals surface area contributed by atoms with Gasteiger partial charge in [-0.3, -0.25) is 10.1 Å². The Morgan fingerprint density at radius 1 is 1.16 bits per heavy atom. The first-order valence-electron chi connectivity index (χ1n) is 9.71. The van der Waals surface area contributed by atoms with Crippen LogP contribution in [0.5, 0.6) is 17.2 Å². The quantitative estimate of drug-likeness (QED) is 0.409. The van der Waals surface area contributed by atoms with E-state index in [1.54, 1.807) is 30.3 Å². The molecule has 8 nitrogen and oxygen atoms in total. The van der Waals surface area contributed by atoms with E-state index in [4.69, 9.17) is 18.9 Å². The minimum Gasteiger partial charge on any atom is -0.508 e. The van der Waals surface area contributed by atoms with Crippen LogP contribution in [0.25, 0.3) is 0 Å². The van der Waals surface area contributed by atoms with Gasteiger partial charge in [0.05, 0.1) is 12.4 Å². The van der Waals surface area contributed by atoms with Crippen LogP contribution < -0.4 is 14.8 Å². The molecule has 166 valence electrons. The molecule has 31 heavy (non-hydrogen) atoms. The summed E-state index contributed by atoms with van der Waals surface area (Å²) in [5, 5.41) is 12.3. The summed E-state index contributed by atoms with van der Waals surface area (Å²) >= 11 is 3.89. The van der Waals surface area contributed by atoms with Crippen LogP contribution in [-0.4, -0.2) is 36.3 Å². The molecule has 2 aromatic carbocycles. The third kappa shape index (κ3) is 5.97. The van der Waals surface area contributed by atoms with Gasteiger partial charge in [0.15, 0.2) is 11.5 Å². The number of amides is 1. The number of carbonyl (C=O) groups is 2. The number of thiol groups is 1. The van der Waals surface area contributed by atoms with Crippen molar-refractivity contribution in [1.29, 1.82) is 0 Å². The Kier molecular flexibility index (Phi) is 7.17. The summed E-state index contributed by atoms with van der Waals surface area (Å²) in [6.07, 6.45) is -0.885. The van der Waals surface area contributed by atoms with Crippen molar-refractivity contribution in [2.45, 2.75) is 26.4 Å². The maximum atomic E-state index is 12.7. The molecule has 0 saturated carbocycles. The van der Waals surface area contributed by atoms with Crippen LogP contribution in [-0.2, 0) is 14.3 Å². The molecule has 0 saturated heterocycles. The van der Waals surface area contributed by atoms with Gasteiger partial charge in [-0.1, -0.05) is 26.0 Å². The van der Waals surface area contributed by atoms with Crippen molar-refractivity contribution in [2.24, 2.45) is 5.41 Å². The van der Waals surface area contributed by atoms with Crippen LogP contribution in [0, 0.1) is 5.41 Å². The first-order chi connectivity index (χ1) is 14.8. The molecular formula is C22H25NO7S. The Hall–Kier alpha value is -3.07. The third-order valence-corrected chi connectivity index (χ3v) is 5.15. The number of anilines is 1. The fourth-order valence-corrected chi connectivity index (χ4v) is 3.25. The number of aromatic hydroxyl groups is 1. The zero-order valence-corrected chi connectivity index (χ0v) is 18.2. The molecular weight excluding hydrogens is 422 g/mol. The minimum atomic E-state index is -0.670. The Bertz CT molecular complexity index is 930. The molecule has 0 bridgehead atoms. The highest BCUT2D eigenvalue weighted by molar-refractivity contribution is 7.81. The predicted octanol–water partition coefficient (Wildman–Crippen LogP) is 4.30. The van der Waals surface area contributed by atoms with Gasteiger partial charge in [-0.15, -0.1) is 0 Å². The van der Waals surface area contributed by atoms with Gasteiger partial charge in [0.1, 0.15) is 11.9 Å². The SMILES string of the molecule is CC(C)(CCOC(=O)CS)[C@H](OC(=O)Nc1ccc2c(c1)OCO2)c1ccc(O)cc1. The van der Waals surface area contributed by atoms with E-state index in [-0.39, 0.29) is 24.9 Å². The van der Waals surface area contributed by atoms with Crippen LogP contribution in [0.3, 0.4) is 0 Å². The summed E-state index contributed by atoms with van der Waals surface area (Å²) in [5.41, 5.74) is 0.614. The highest BCUT2D eigenvalue weighted by Crippen LogP contribution is 2.40. The lowest BCUT2D eigenvalue weighted by atomic mass is 9.80. The Morgan fingerprint density at radius 2 is 1.87 bits per heavy atom. The van der Waals surface area contributed by atoms with Gasteiger partial charge in [0.2, 0.25) is 6.79 Å². The summed E-state index contributed by atoms with van der Waals surface area (Å²) in [6.45, 7) is 4.12. The van der Waals surface area contributed by atoms with Gasteiger partial charge < -0.3 is 24.1 Å². The van der Waals surface area contributed by atoms with Gasteiger partial charge in [0, 0.05) is 17.2 Å². The normalized spacial score (nSPS) is 13.4. The fourth-order valence-electron chi connectivity index (χ4n) is 3.16. The number of nitrogens with one attached hydrogen (secondary N) is 1. The van der Waals surface area contributed by atoms with E-state index >= 15 is 0 Å². The average molecular weight is 448 g/mol. The summed E-state index contributed by atoms with van der Waals surface area (Å²) in [7, 11) is 0. The zero-order chi connectivity index (χ0) is 22.4. The van der Waals surface area contributed by atoms with Crippen LogP contribution in [0.1, 0.15) is 31.9 Å².